The van der Waals surface area contributed by atoms with E-state index in [4.69, 9.17) is 14.2 Å². The number of ether oxygens (including phenoxy) is 3. The van der Waals surface area contributed by atoms with Crippen molar-refractivity contribution >= 4 is 11.9 Å². The van der Waals surface area contributed by atoms with Crippen molar-refractivity contribution in [2.45, 2.75) is 322 Å². The summed E-state index contributed by atoms with van der Waals surface area (Å²) in [5, 5.41) is 0. The second-order valence-corrected chi connectivity index (χ2v) is 20.6. The summed E-state index contributed by atoms with van der Waals surface area (Å²) in [7, 11) is 0. The lowest BCUT2D eigenvalue weighted by atomic mass is 10.0. The molecule has 5 nitrogen and oxygen atoms in total. The lowest BCUT2D eigenvalue weighted by Crippen LogP contribution is -2.30. The number of allylic oxidation sites excluding steroid dienone is 10. The molecule has 70 heavy (non-hydrogen) atoms. The molecule has 0 radical (unpaired) electrons. The summed E-state index contributed by atoms with van der Waals surface area (Å²) in [5.74, 6) is -0.415. The first-order valence-electron chi connectivity index (χ1n) is 30.8. The zero-order valence-electron chi connectivity index (χ0n) is 47.0. The van der Waals surface area contributed by atoms with E-state index in [2.05, 4.69) is 81.5 Å². The zero-order valence-corrected chi connectivity index (χ0v) is 47.0. The molecule has 0 aliphatic carbocycles. The van der Waals surface area contributed by atoms with Gasteiger partial charge in [0, 0.05) is 19.4 Å². The maximum absolute atomic E-state index is 12.9. The van der Waals surface area contributed by atoms with E-state index in [1.807, 2.05) is 0 Å². The van der Waals surface area contributed by atoms with Gasteiger partial charge in [0.05, 0.1) is 6.61 Å². The minimum atomic E-state index is -0.552. The Kier molecular flexibility index (Phi) is 58.8. The summed E-state index contributed by atoms with van der Waals surface area (Å²) in [6.45, 7) is 7.75. The fourth-order valence-corrected chi connectivity index (χ4v) is 9.01. The summed E-state index contributed by atoms with van der Waals surface area (Å²) < 4.78 is 17.5. The smallest absolute Gasteiger partial charge is 0.306 e. The Bertz CT molecular complexity index is 1200. The Labute approximate surface area is 436 Å². The van der Waals surface area contributed by atoms with E-state index < -0.39 is 6.10 Å². The van der Waals surface area contributed by atoms with Crippen molar-refractivity contribution in [2.75, 3.05) is 19.8 Å². The van der Waals surface area contributed by atoms with Gasteiger partial charge in [-0.15, -0.1) is 0 Å². The number of carbonyl (C=O) groups excluding carboxylic acids is 2. The standard InChI is InChI=1S/C65H118O5/c1-4-7-10-13-16-19-22-25-28-31-33-35-37-40-43-46-49-52-55-58-64(66)69-62-63(61-68-60-57-54-51-48-45-42-39-30-27-24-21-18-15-12-9-6-3)70-65(67)59-56-53-50-47-44-41-38-36-34-32-29-26-23-20-17-14-11-8-5-2/h8,11,17,20,26,29,34,36,41,44,63H,4-7,9-10,12-16,18-19,21-25,27-28,30-33,35,37-40,42-43,45-62H2,1-3H3/b11-8-,20-17-,29-26-,36-34-,44-41-/t63-/m1/s1. The summed E-state index contributed by atoms with van der Waals surface area (Å²) in [6, 6.07) is 0. The molecule has 0 aromatic heterocycles. The zero-order chi connectivity index (χ0) is 50.6. The molecular weight excluding hydrogens is 861 g/mol. The molecule has 0 aromatic carbocycles. The van der Waals surface area contributed by atoms with Gasteiger partial charge in [-0.1, -0.05) is 300 Å². The van der Waals surface area contributed by atoms with Gasteiger partial charge in [-0.05, 0) is 64.2 Å². The predicted molar refractivity (Wildman–Crippen MR) is 307 cm³/mol. The van der Waals surface area contributed by atoms with Crippen LogP contribution in [0.3, 0.4) is 0 Å². The third-order valence-corrected chi connectivity index (χ3v) is 13.6. The van der Waals surface area contributed by atoms with E-state index in [-0.39, 0.29) is 25.2 Å². The van der Waals surface area contributed by atoms with E-state index in [0.29, 0.717) is 19.4 Å². The molecule has 0 aliphatic heterocycles. The highest BCUT2D eigenvalue weighted by atomic mass is 16.6. The van der Waals surface area contributed by atoms with Gasteiger partial charge < -0.3 is 14.2 Å². The Morgan fingerprint density at radius 3 is 1.03 bits per heavy atom. The molecule has 0 unspecified atom stereocenters. The van der Waals surface area contributed by atoms with Crippen LogP contribution in [-0.2, 0) is 23.8 Å². The molecule has 0 N–H and O–H groups in total. The van der Waals surface area contributed by atoms with Gasteiger partial charge in [0.2, 0.25) is 0 Å². The third-order valence-electron chi connectivity index (χ3n) is 13.6. The van der Waals surface area contributed by atoms with Crippen LogP contribution in [0.1, 0.15) is 316 Å². The molecule has 0 aromatic rings. The monoisotopic (exact) mass is 979 g/mol. The first-order valence-corrected chi connectivity index (χ1v) is 30.8. The van der Waals surface area contributed by atoms with Crippen LogP contribution >= 0.6 is 0 Å². The molecule has 0 amide bonds. The number of hydrogen-bond acceptors (Lipinski definition) is 5. The first-order chi connectivity index (χ1) is 34.6. The second kappa shape index (κ2) is 60.9. The summed E-state index contributed by atoms with van der Waals surface area (Å²) in [6.07, 6.45) is 78.2. The third kappa shape index (κ3) is 58.2. The van der Waals surface area contributed by atoms with E-state index in [9.17, 15) is 9.59 Å². The van der Waals surface area contributed by atoms with Crippen molar-refractivity contribution < 1.29 is 23.8 Å². The van der Waals surface area contributed by atoms with Crippen LogP contribution in [0.5, 0.6) is 0 Å². The van der Waals surface area contributed by atoms with Crippen molar-refractivity contribution in [1.29, 1.82) is 0 Å². The van der Waals surface area contributed by atoms with Crippen molar-refractivity contribution in [3.8, 4) is 0 Å². The molecule has 1 atom stereocenters. The lowest BCUT2D eigenvalue weighted by Gasteiger charge is -2.18. The molecule has 0 aliphatic rings. The quantitative estimate of drug-likeness (QED) is 0.0345. The van der Waals surface area contributed by atoms with Crippen molar-refractivity contribution in [2.24, 2.45) is 0 Å². The highest BCUT2D eigenvalue weighted by Crippen LogP contribution is 2.17. The molecule has 5 heteroatoms. The Morgan fingerprint density at radius 2 is 0.643 bits per heavy atom. The van der Waals surface area contributed by atoms with Gasteiger partial charge in [-0.2, -0.15) is 0 Å². The van der Waals surface area contributed by atoms with Gasteiger partial charge in [-0.3, -0.25) is 9.59 Å². The largest absolute Gasteiger partial charge is 0.462 e. The summed E-state index contributed by atoms with van der Waals surface area (Å²) in [5.41, 5.74) is 0. The van der Waals surface area contributed by atoms with Crippen molar-refractivity contribution in [3.05, 3.63) is 60.8 Å². The number of carbonyl (C=O) groups is 2. The molecule has 0 saturated heterocycles. The Morgan fingerprint density at radius 1 is 0.329 bits per heavy atom. The summed E-state index contributed by atoms with van der Waals surface area (Å²) >= 11 is 0. The average molecular weight is 980 g/mol. The van der Waals surface area contributed by atoms with Gasteiger partial charge in [0.15, 0.2) is 6.10 Å². The molecule has 0 heterocycles. The maximum Gasteiger partial charge on any atom is 0.306 e. The lowest BCUT2D eigenvalue weighted by molar-refractivity contribution is -0.163. The van der Waals surface area contributed by atoms with E-state index in [1.54, 1.807) is 0 Å². The fourth-order valence-electron chi connectivity index (χ4n) is 9.01. The van der Waals surface area contributed by atoms with E-state index >= 15 is 0 Å². The molecule has 0 spiro atoms. The second-order valence-electron chi connectivity index (χ2n) is 20.6. The fraction of sp³-hybridized carbons (Fsp3) is 0.815. The average Bonchev–Trinajstić information content (AvgIpc) is 3.36. The predicted octanol–water partition coefficient (Wildman–Crippen LogP) is 21.2. The van der Waals surface area contributed by atoms with Crippen LogP contribution in [0.4, 0.5) is 0 Å². The minimum Gasteiger partial charge on any atom is -0.462 e. The number of esters is 2. The van der Waals surface area contributed by atoms with Crippen LogP contribution in [-0.4, -0.2) is 37.9 Å². The Balaban J connectivity index is 4.29. The van der Waals surface area contributed by atoms with E-state index in [1.165, 1.54) is 199 Å². The molecule has 0 fully saturated rings. The van der Waals surface area contributed by atoms with Crippen LogP contribution in [0, 0.1) is 0 Å². The van der Waals surface area contributed by atoms with Crippen LogP contribution in [0.15, 0.2) is 60.8 Å². The minimum absolute atomic E-state index is 0.0761. The number of hydrogen-bond donors (Lipinski definition) is 0. The van der Waals surface area contributed by atoms with Gasteiger partial charge in [0.25, 0.3) is 0 Å². The SMILES string of the molecule is CC/C=C\C/C=C\C/C=C\C/C=C\C/C=C\CCCCCC(=O)O[C@H](COCCCCCCCCCCCCCCCCCC)COC(=O)CCCCCCCCCCCCCCCCCCCCC. The highest BCUT2D eigenvalue weighted by molar-refractivity contribution is 5.70. The topological polar surface area (TPSA) is 61.8 Å². The molecule has 0 saturated carbocycles. The van der Waals surface area contributed by atoms with Gasteiger partial charge in [0.1, 0.15) is 6.61 Å². The molecule has 0 bridgehead atoms. The summed E-state index contributed by atoms with van der Waals surface area (Å²) in [4.78, 5) is 25.6. The van der Waals surface area contributed by atoms with Crippen LogP contribution in [0.25, 0.3) is 0 Å². The van der Waals surface area contributed by atoms with Gasteiger partial charge >= 0.3 is 11.9 Å². The normalized spacial score (nSPS) is 12.6. The number of unbranched alkanes of at least 4 members (excludes halogenated alkanes) is 36. The molecule has 408 valence electrons. The van der Waals surface area contributed by atoms with Crippen molar-refractivity contribution in [1.82, 2.24) is 0 Å². The Hall–Kier alpha value is -2.40. The molecular formula is C65H118O5. The van der Waals surface area contributed by atoms with E-state index in [0.717, 1.165) is 83.5 Å². The van der Waals surface area contributed by atoms with Crippen LogP contribution in [0.2, 0.25) is 0 Å². The van der Waals surface area contributed by atoms with Crippen LogP contribution < -0.4 is 0 Å². The highest BCUT2D eigenvalue weighted by Gasteiger charge is 2.17. The van der Waals surface area contributed by atoms with Gasteiger partial charge in [-0.25, -0.2) is 0 Å². The molecule has 0 rings (SSSR count). The number of rotatable bonds is 57. The maximum atomic E-state index is 12.9. The first kappa shape index (κ1) is 67.6. The van der Waals surface area contributed by atoms with Crippen molar-refractivity contribution in [3.63, 3.8) is 0 Å².